The predicted molar refractivity (Wildman–Crippen MR) is 89.9 cm³/mol. The van der Waals surface area contributed by atoms with Gasteiger partial charge >= 0.3 is 0 Å². The minimum Gasteiger partial charge on any atom is -0.381 e. The molecule has 1 aliphatic heterocycles. The molecule has 1 aromatic rings. The van der Waals surface area contributed by atoms with Crippen LogP contribution in [0.5, 0.6) is 0 Å². The molecule has 0 aliphatic carbocycles. The Bertz CT molecular complexity index is 624. The van der Waals surface area contributed by atoms with E-state index in [1.165, 1.54) is 16.7 Å². The summed E-state index contributed by atoms with van der Waals surface area (Å²) in [5.41, 5.74) is 6.50. The third-order valence-corrected chi connectivity index (χ3v) is 3.97. The van der Waals surface area contributed by atoms with E-state index in [9.17, 15) is 0 Å². The van der Waals surface area contributed by atoms with Crippen LogP contribution in [0.3, 0.4) is 0 Å². The highest BCUT2D eigenvalue weighted by Crippen LogP contribution is 2.31. The molecule has 1 fully saturated rings. The number of nitrogens with one attached hydrogen (secondary N) is 2. The molecule has 0 bridgehead atoms. The summed E-state index contributed by atoms with van der Waals surface area (Å²) in [7, 11) is 1.82. The zero-order chi connectivity index (χ0) is 15.6. The number of piperidine rings is 1. The van der Waals surface area contributed by atoms with E-state index in [1.807, 2.05) is 7.05 Å². The third-order valence-electron chi connectivity index (χ3n) is 3.97. The minimum atomic E-state index is 0.526. The lowest BCUT2D eigenvalue weighted by molar-refractivity contribution is 0.769. The Morgan fingerprint density at radius 2 is 1.90 bits per heavy atom. The van der Waals surface area contributed by atoms with E-state index in [1.54, 1.807) is 0 Å². The van der Waals surface area contributed by atoms with Crippen molar-refractivity contribution in [3.05, 3.63) is 40.1 Å². The van der Waals surface area contributed by atoms with Crippen LogP contribution in [0.1, 0.15) is 29.5 Å². The first-order chi connectivity index (χ1) is 9.99. The number of anilines is 1. The van der Waals surface area contributed by atoms with Gasteiger partial charge in [-0.15, -0.1) is 6.42 Å². The van der Waals surface area contributed by atoms with Crippen molar-refractivity contribution in [2.24, 2.45) is 0 Å². The topological polar surface area (TPSA) is 39.1 Å². The van der Waals surface area contributed by atoms with Crippen molar-refractivity contribution in [1.82, 2.24) is 5.32 Å². The van der Waals surface area contributed by atoms with Crippen LogP contribution in [-0.2, 0) is 0 Å². The Balaban J connectivity index is 2.49. The zero-order valence-electron chi connectivity index (χ0n) is 13.3. The van der Waals surface area contributed by atoms with E-state index >= 15 is 0 Å². The Labute approximate surface area is 127 Å². The Hall–Kier alpha value is -2.21. The zero-order valence-corrected chi connectivity index (χ0v) is 13.3. The molecule has 0 spiro atoms. The second kappa shape index (κ2) is 6.05. The van der Waals surface area contributed by atoms with Crippen molar-refractivity contribution < 1.29 is 0 Å². The van der Waals surface area contributed by atoms with E-state index in [4.69, 9.17) is 11.8 Å². The summed E-state index contributed by atoms with van der Waals surface area (Å²) >= 11 is 0. The first-order valence-electron chi connectivity index (χ1n) is 7.31. The van der Waals surface area contributed by atoms with Crippen LogP contribution >= 0.6 is 0 Å². The van der Waals surface area contributed by atoms with E-state index in [-0.39, 0.29) is 0 Å². The smallest absolute Gasteiger partial charge is 0.131 e. The summed E-state index contributed by atoms with van der Waals surface area (Å²) in [5.74, 6) is 3.19. The first-order valence-corrected chi connectivity index (χ1v) is 7.31. The van der Waals surface area contributed by atoms with Crippen molar-refractivity contribution >= 4 is 11.5 Å². The van der Waals surface area contributed by atoms with Crippen LogP contribution in [0.4, 0.5) is 5.69 Å². The number of terminal acetylenes is 1. The highest BCUT2D eigenvalue weighted by atomic mass is 15.2. The van der Waals surface area contributed by atoms with Gasteiger partial charge in [-0.1, -0.05) is 23.6 Å². The van der Waals surface area contributed by atoms with Crippen LogP contribution in [0.15, 0.2) is 23.4 Å². The summed E-state index contributed by atoms with van der Waals surface area (Å²) in [6.45, 7) is 7.20. The monoisotopic (exact) mass is 281 g/mol. The number of benzene rings is 1. The lowest BCUT2D eigenvalue weighted by Crippen LogP contribution is -2.38. The summed E-state index contributed by atoms with van der Waals surface area (Å²) in [6, 6.07) is 4.35. The molecule has 0 atom stereocenters. The number of nitrogens with zero attached hydrogens (tertiary/aromatic N) is 1. The van der Waals surface area contributed by atoms with Crippen molar-refractivity contribution in [2.75, 3.05) is 18.5 Å². The average molecular weight is 281 g/mol. The number of rotatable bonds is 2. The minimum absolute atomic E-state index is 0.526. The van der Waals surface area contributed by atoms with Crippen molar-refractivity contribution in [1.29, 1.82) is 5.41 Å². The maximum Gasteiger partial charge on any atom is 0.131 e. The molecule has 1 heterocycles. The number of aryl methyl sites for hydroxylation is 3. The Kier molecular flexibility index (Phi) is 4.37. The normalized spacial score (nSPS) is 17.5. The van der Waals surface area contributed by atoms with Gasteiger partial charge in [0.05, 0.1) is 5.70 Å². The molecule has 0 amide bonds. The molecule has 1 aliphatic rings. The van der Waals surface area contributed by atoms with E-state index in [0.29, 0.717) is 5.84 Å². The molecule has 0 aromatic heterocycles. The molecule has 2 rings (SSSR count). The summed E-state index contributed by atoms with van der Waals surface area (Å²) in [6.07, 6.45) is 7.43. The second-order valence-corrected chi connectivity index (χ2v) is 5.60. The molecule has 1 aromatic carbocycles. The number of hydrogen-bond donors (Lipinski definition) is 2. The van der Waals surface area contributed by atoms with Gasteiger partial charge in [0.2, 0.25) is 0 Å². The fourth-order valence-corrected chi connectivity index (χ4v) is 3.18. The van der Waals surface area contributed by atoms with Crippen LogP contribution < -0.4 is 10.2 Å². The third kappa shape index (κ3) is 2.80. The van der Waals surface area contributed by atoms with Crippen LogP contribution in [0, 0.1) is 38.5 Å². The fourth-order valence-electron chi connectivity index (χ4n) is 3.18. The lowest BCUT2D eigenvalue weighted by atomic mass is 9.97. The van der Waals surface area contributed by atoms with E-state index < -0.39 is 0 Å². The van der Waals surface area contributed by atoms with E-state index in [0.717, 1.165) is 36.3 Å². The fraction of sp³-hybridized carbons (Fsp3) is 0.389. The van der Waals surface area contributed by atoms with Gasteiger partial charge in [0, 0.05) is 24.9 Å². The number of allylic oxidation sites excluding steroid dienone is 1. The molecule has 3 nitrogen and oxygen atoms in total. The summed E-state index contributed by atoms with van der Waals surface area (Å²) in [5, 5.41) is 11.6. The van der Waals surface area contributed by atoms with Gasteiger partial charge < -0.3 is 10.2 Å². The second-order valence-electron chi connectivity index (χ2n) is 5.60. The molecule has 2 N–H and O–H groups in total. The van der Waals surface area contributed by atoms with E-state index in [2.05, 4.69) is 49.0 Å². The number of amidine groups is 1. The van der Waals surface area contributed by atoms with Gasteiger partial charge in [0.25, 0.3) is 0 Å². The van der Waals surface area contributed by atoms with Gasteiger partial charge in [-0.3, -0.25) is 5.41 Å². The molecule has 0 radical (unpaired) electrons. The summed E-state index contributed by atoms with van der Waals surface area (Å²) in [4.78, 5) is 2.09. The van der Waals surface area contributed by atoms with Crippen LogP contribution in [0.25, 0.3) is 0 Å². The van der Waals surface area contributed by atoms with Gasteiger partial charge in [-0.25, -0.2) is 0 Å². The molecular formula is C18H23N3. The van der Waals surface area contributed by atoms with Crippen molar-refractivity contribution in [3.8, 4) is 12.3 Å². The Morgan fingerprint density at radius 3 is 2.43 bits per heavy atom. The quantitative estimate of drug-likeness (QED) is 0.816. The first kappa shape index (κ1) is 15.2. The van der Waals surface area contributed by atoms with Crippen LogP contribution in [0.2, 0.25) is 0 Å². The lowest BCUT2D eigenvalue weighted by Gasteiger charge is -2.34. The van der Waals surface area contributed by atoms with Crippen LogP contribution in [-0.4, -0.2) is 19.4 Å². The molecule has 0 saturated carbocycles. The molecule has 3 heteroatoms. The van der Waals surface area contributed by atoms with Gasteiger partial charge in [-0.05, 0) is 44.7 Å². The Morgan fingerprint density at radius 1 is 1.29 bits per heavy atom. The molecular weight excluding hydrogens is 258 g/mol. The maximum absolute atomic E-state index is 8.56. The molecule has 0 unspecified atom stereocenters. The maximum atomic E-state index is 8.56. The number of hydrogen-bond acceptors (Lipinski definition) is 2. The van der Waals surface area contributed by atoms with Gasteiger partial charge in [0.15, 0.2) is 0 Å². The van der Waals surface area contributed by atoms with Gasteiger partial charge in [-0.2, -0.15) is 0 Å². The largest absolute Gasteiger partial charge is 0.381 e. The van der Waals surface area contributed by atoms with Crippen molar-refractivity contribution in [2.45, 2.75) is 33.6 Å². The van der Waals surface area contributed by atoms with Gasteiger partial charge in [0.1, 0.15) is 5.84 Å². The summed E-state index contributed by atoms with van der Waals surface area (Å²) < 4.78 is 0. The average Bonchev–Trinajstić information content (AvgIpc) is 2.42. The SMILES string of the molecule is C#C/C(NC)=C1\CCCN(c2c(C)cc(C)cc2C)C1=N. The highest BCUT2D eigenvalue weighted by molar-refractivity contribution is 6.10. The standard InChI is InChI=1S/C18H23N3/c1-6-16(20-5)15-8-7-9-21(18(15)19)17-13(3)10-12(2)11-14(17)4/h1,10-11,19-20H,7-9H2,2-5H3/b16-15-,19-18?. The molecule has 21 heavy (non-hydrogen) atoms. The molecule has 110 valence electrons. The van der Waals surface area contributed by atoms with Crippen molar-refractivity contribution in [3.63, 3.8) is 0 Å². The predicted octanol–water partition coefficient (Wildman–Crippen LogP) is 3.30. The highest BCUT2D eigenvalue weighted by Gasteiger charge is 2.25. The molecule has 1 saturated heterocycles.